The number of hydrogen-bond donors (Lipinski definition) is 2. The van der Waals surface area contributed by atoms with E-state index in [-0.39, 0.29) is 6.10 Å². The molecule has 2 aliphatic rings. The van der Waals surface area contributed by atoms with Crippen molar-refractivity contribution in [3.8, 4) is 15.8 Å². The van der Waals surface area contributed by atoms with Gasteiger partial charge in [-0.05, 0) is 44.9 Å². The third-order valence-electron chi connectivity index (χ3n) is 5.17. The smallest absolute Gasteiger partial charge is 0.328 e. The Labute approximate surface area is 182 Å². The van der Waals surface area contributed by atoms with Crippen molar-refractivity contribution in [1.82, 2.24) is 15.1 Å². The first-order chi connectivity index (χ1) is 14.3. The van der Waals surface area contributed by atoms with Crippen LogP contribution in [0, 0.1) is 0 Å². The molecule has 2 saturated heterocycles. The number of ether oxygens (including phenoxy) is 1. The SMILES string of the molecule is CN1C2CCC1CC(Oc1nnc(-c3cccc(Cl)c3)s1)C2.O=C(O)/C=C/C(=O)O. The summed E-state index contributed by atoms with van der Waals surface area (Å²) in [5, 5.41) is 26.3. The monoisotopic (exact) mass is 451 g/mol. The van der Waals surface area contributed by atoms with Crippen LogP contribution in [0.3, 0.4) is 0 Å². The molecule has 3 heterocycles. The highest BCUT2D eigenvalue weighted by Gasteiger charge is 2.39. The largest absolute Gasteiger partial charge is 0.478 e. The number of aliphatic carboxylic acids is 2. The topological polar surface area (TPSA) is 113 Å². The summed E-state index contributed by atoms with van der Waals surface area (Å²) in [6.07, 6.45) is 6.17. The van der Waals surface area contributed by atoms with E-state index in [4.69, 9.17) is 26.6 Å². The van der Waals surface area contributed by atoms with Gasteiger partial charge >= 0.3 is 11.9 Å². The van der Waals surface area contributed by atoms with Gasteiger partial charge in [0, 0.05) is 34.8 Å². The quantitative estimate of drug-likeness (QED) is 0.663. The van der Waals surface area contributed by atoms with Crippen molar-refractivity contribution in [2.75, 3.05) is 7.05 Å². The number of halogens is 1. The maximum atomic E-state index is 9.55. The highest BCUT2D eigenvalue weighted by molar-refractivity contribution is 7.16. The fourth-order valence-electron chi connectivity index (χ4n) is 3.74. The highest BCUT2D eigenvalue weighted by Crippen LogP contribution is 2.37. The molecule has 2 aliphatic heterocycles. The number of hydrogen-bond acceptors (Lipinski definition) is 7. The first-order valence-electron chi connectivity index (χ1n) is 9.43. The summed E-state index contributed by atoms with van der Waals surface area (Å²) in [6, 6.07) is 9.02. The Hall–Kier alpha value is -2.49. The number of carboxylic acids is 2. The zero-order chi connectivity index (χ0) is 21.7. The Morgan fingerprint density at radius 1 is 1.17 bits per heavy atom. The summed E-state index contributed by atoms with van der Waals surface area (Å²) in [4.78, 5) is 21.6. The standard InChI is InChI=1S/C16H18ClN3OS.C4H4O4/c1-20-12-5-6-13(20)9-14(8-12)21-16-19-18-15(22-16)10-3-2-4-11(17)7-10;5-3(6)1-2-4(7)8/h2-4,7,12-14H,5-6,8-9H2,1H3;1-2H,(H,5,6)(H,7,8)/b;2-1+. The van der Waals surface area contributed by atoms with Crippen molar-refractivity contribution in [2.45, 2.75) is 43.9 Å². The minimum absolute atomic E-state index is 0.272. The van der Waals surface area contributed by atoms with Crippen LogP contribution in [-0.2, 0) is 9.59 Å². The van der Waals surface area contributed by atoms with Gasteiger partial charge in [0.15, 0.2) is 5.01 Å². The first-order valence-corrected chi connectivity index (χ1v) is 10.6. The summed E-state index contributed by atoms with van der Waals surface area (Å²) in [5.41, 5.74) is 0.989. The van der Waals surface area contributed by atoms with Crippen molar-refractivity contribution in [3.63, 3.8) is 0 Å². The van der Waals surface area contributed by atoms with Crippen molar-refractivity contribution in [2.24, 2.45) is 0 Å². The molecule has 0 radical (unpaired) electrons. The molecule has 0 saturated carbocycles. The average molecular weight is 452 g/mol. The summed E-state index contributed by atoms with van der Waals surface area (Å²) in [7, 11) is 2.24. The van der Waals surface area contributed by atoms with E-state index in [1.165, 1.54) is 24.2 Å². The van der Waals surface area contributed by atoms with E-state index in [9.17, 15) is 9.59 Å². The molecule has 0 aliphatic carbocycles. The van der Waals surface area contributed by atoms with Gasteiger partial charge in [-0.3, -0.25) is 0 Å². The van der Waals surface area contributed by atoms with Gasteiger partial charge in [0.05, 0.1) is 0 Å². The number of piperidine rings is 1. The van der Waals surface area contributed by atoms with Crippen LogP contribution in [-0.4, -0.2) is 62.5 Å². The van der Waals surface area contributed by atoms with Gasteiger partial charge in [-0.1, -0.05) is 40.2 Å². The van der Waals surface area contributed by atoms with Crippen molar-refractivity contribution < 1.29 is 24.5 Å². The molecule has 4 rings (SSSR count). The third-order valence-corrected chi connectivity index (χ3v) is 6.27. The first kappa shape index (κ1) is 22.2. The molecule has 2 fully saturated rings. The normalized spacial score (nSPS) is 23.1. The molecule has 2 N–H and O–H groups in total. The molecule has 8 nitrogen and oxygen atoms in total. The number of nitrogens with zero attached hydrogens (tertiary/aromatic N) is 3. The number of carbonyl (C=O) groups is 2. The lowest BCUT2D eigenvalue weighted by atomic mass is 10.0. The zero-order valence-corrected chi connectivity index (χ0v) is 17.8. The van der Waals surface area contributed by atoms with Crippen LogP contribution in [0.15, 0.2) is 36.4 Å². The lowest BCUT2D eigenvalue weighted by molar-refractivity contribution is -0.134. The van der Waals surface area contributed by atoms with Crippen molar-refractivity contribution >= 4 is 34.9 Å². The number of rotatable bonds is 5. The van der Waals surface area contributed by atoms with E-state index in [2.05, 4.69) is 22.1 Å². The maximum absolute atomic E-state index is 9.55. The minimum Gasteiger partial charge on any atom is -0.478 e. The van der Waals surface area contributed by atoms with Gasteiger partial charge in [-0.15, -0.1) is 5.10 Å². The Morgan fingerprint density at radius 2 is 1.80 bits per heavy atom. The molecule has 1 aromatic carbocycles. The molecular weight excluding hydrogens is 430 g/mol. The molecule has 1 aromatic heterocycles. The van der Waals surface area contributed by atoms with Gasteiger partial charge < -0.3 is 19.8 Å². The fraction of sp³-hybridized carbons (Fsp3) is 0.400. The molecule has 30 heavy (non-hydrogen) atoms. The van der Waals surface area contributed by atoms with E-state index in [0.717, 1.165) is 23.4 Å². The summed E-state index contributed by atoms with van der Waals surface area (Å²) in [6.45, 7) is 0. The predicted octanol–water partition coefficient (Wildman–Crippen LogP) is 3.57. The Balaban J connectivity index is 0.000000275. The van der Waals surface area contributed by atoms with Crippen LogP contribution < -0.4 is 4.74 Å². The molecule has 0 amide bonds. The maximum Gasteiger partial charge on any atom is 0.328 e. The van der Waals surface area contributed by atoms with Crippen molar-refractivity contribution in [1.29, 1.82) is 0 Å². The Morgan fingerprint density at radius 3 is 2.37 bits per heavy atom. The van der Waals surface area contributed by atoms with E-state index in [1.54, 1.807) is 0 Å². The fourth-order valence-corrected chi connectivity index (χ4v) is 4.69. The average Bonchev–Trinajstić information content (AvgIpc) is 3.22. The van der Waals surface area contributed by atoms with Gasteiger partial charge in [-0.2, -0.15) is 0 Å². The Bertz CT molecular complexity index is 905. The molecule has 2 aromatic rings. The van der Waals surface area contributed by atoms with Gasteiger partial charge in [0.2, 0.25) is 0 Å². The second kappa shape index (κ2) is 10.0. The van der Waals surface area contributed by atoms with Crippen LogP contribution in [0.2, 0.25) is 5.02 Å². The molecule has 160 valence electrons. The van der Waals surface area contributed by atoms with Crippen LogP contribution in [0.5, 0.6) is 5.19 Å². The van der Waals surface area contributed by atoms with Crippen LogP contribution >= 0.6 is 22.9 Å². The number of fused-ring (bicyclic) bond motifs is 2. The van der Waals surface area contributed by atoms with Gasteiger partial charge in [-0.25, -0.2) is 9.59 Å². The lowest BCUT2D eigenvalue weighted by Crippen LogP contribution is -2.43. The van der Waals surface area contributed by atoms with Crippen molar-refractivity contribution in [3.05, 3.63) is 41.4 Å². The van der Waals surface area contributed by atoms with E-state index in [1.807, 2.05) is 24.3 Å². The lowest BCUT2D eigenvalue weighted by Gasteiger charge is -2.35. The number of benzene rings is 1. The Kier molecular flexibility index (Phi) is 7.41. The van der Waals surface area contributed by atoms with E-state index < -0.39 is 11.9 Å². The van der Waals surface area contributed by atoms with E-state index in [0.29, 0.717) is 34.5 Å². The minimum atomic E-state index is -1.26. The summed E-state index contributed by atoms with van der Waals surface area (Å²) in [5.74, 6) is -2.51. The molecule has 2 unspecified atom stereocenters. The van der Waals surface area contributed by atoms with Gasteiger partial charge in [0.1, 0.15) is 6.10 Å². The molecule has 2 atom stereocenters. The number of aromatic nitrogens is 2. The second-order valence-electron chi connectivity index (χ2n) is 7.16. The summed E-state index contributed by atoms with van der Waals surface area (Å²) >= 11 is 7.53. The van der Waals surface area contributed by atoms with E-state index >= 15 is 0 Å². The van der Waals surface area contributed by atoms with Crippen LogP contribution in [0.25, 0.3) is 10.6 Å². The molecule has 2 bridgehead atoms. The molecule has 10 heteroatoms. The predicted molar refractivity (Wildman–Crippen MR) is 113 cm³/mol. The second-order valence-corrected chi connectivity index (χ2v) is 8.53. The van der Waals surface area contributed by atoms with Crippen LogP contribution in [0.1, 0.15) is 25.7 Å². The highest BCUT2D eigenvalue weighted by atomic mass is 35.5. The van der Waals surface area contributed by atoms with Gasteiger partial charge in [0.25, 0.3) is 5.19 Å². The number of carboxylic acid groups (broad SMARTS) is 2. The zero-order valence-electron chi connectivity index (χ0n) is 16.3. The molecular formula is C20H22ClN3O5S. The summed E-state index contributed by atoms with van der Waals surface area (Å²) < 4.78 is 6.10. The molecule has 0 spiro atoms. The van der Waals surface area contributed by atoms with Crippen LogP contribution in [0.4, 0.5) is 0 Å². The third kappa shape index (κ3) is 6.01.